The van der Waals surface area contributed by atoms with Gasteiger partial charge in [-0.15, -0.1) is 11.3 Å². The zero-order valence-corrected chi connectivity index (χ0v) is 11.5. The predicted octanol–water partition coefficient (Wildman–Crippen LogP) is 3.71. The van der Waals surface area contributed by atoms with E-state index in [0.717, 1.165) is 15.1 Å². The summed E-state index contributed by atoms with van der Waals surface area (Å²) in [7, 11) is 1.59. The van der Waals surface area contributed by atoms with E-state index < -0.39 is 6.04 Å². The van der Waals surface area contributed by atoms with Gasteiger partial charge >= 0.3 is 0 Å². The summed E-state index contributed by atoms with van der Waals surface area (Å²) in [6.07, 6.45) is 0. The number of benzene rings is 1. The van der Waals surface area contributed by atoms with Gasteiger partial charge in [-0.3, -0.25) is 0 Å². The summed E-state index contributed by atoms with van der Waals surface area (Å²) in [6.45, 7) is 0. The van der Waals surface area contributed by atoms with Crippen molar-refractivity contribution in [1.29, 1.82) is 0 Å². The van der Waals surface area contributed by atoms with Gasteiger partial charge in [0.25, 0.3) is 0 Å². The fourth-order valence-corrected chi connectivity index (χ4v) is 2.76. The minimum atomic E-state index is -0.471. The number of rotatable bonds is 3. The van der Waals surface area contributed by atoms with Crippen LogP contribution >= 0.6 is 27.3 Å². The van der Waals surface area contributed by atoms with Crippen LogP contribution in [0.2, 0.25) is 0 Å². The third-order valence-electron chi connectivity index (χ3n) is 2.43. The van der Waals surface area contributed by atoms with Crippen LogP contribution in [0.5, 0.6) is 5.75 Å². The van der Waals surface area contributed by atoms with Crippen LogP contribution in [0.3, 0.4) is 0 Å². The van der Waals surface area contributed by atoms with E-state index in [4.69, 9.17) is 10.5 Å². The smallest absolute Gasteiger partial charge is 0.129 e. The van der Waals surface area contributed by atoms with Crippen LogP contribution in [0.1, 0.15) is 16.5 Å². The summed E-state index contributed by atoms with van der Waals surface area (Å²) < 4.78 is 19.6. The molecule has 0 saturated carbocycles. The van der Waals surface area contributed by atoms with Crippen molar-refractivity contribution >= 4 is 27.3 Å². The maximum Gasteiger partial charge on any atom is 0.129 e. The Morgan fingerprint density at radius 1 is 1.41 bits per heavy atom. The molecular formula is C12H11BrFNOS. The van der Waals surface area contributed by atoms with E-state index in [1.165, 1.54) is 17.4 Å². The Morgan fingerprint density at radius 2 is 2.18 bits per heavy atom. The summed E-state index contributed by atoms with van der Waals surface area (Å²) in [5, 5.41) is 1.85. The molecule has 0 radical (unpaired) electrons. The molecule has 0 bridgehead atoms. The summed E-state index contributed by atoms with van der Waals surface area (Å²) in [6, 6.07) is 6.12. The normalized spacial score (nSPS) is 12.5. The molecular weight excluding hydrogens is 305 g/mol. The molecule has 0 aliphatic heterocycles. The minimum absolute atomic E-state index is 0.298. The molecule has 5 heteroatoms. The molecule has 17 heavy (non-hydrogen) atoms. The largest absolute Gasteiger partial charge is 0.496 e. The highest BCUT2D eigenvalue weighted by Gasteiger charge is 2.16. The Morgan fingerprint density at radius 3 is 2.82 bits per heavy atom. The van der Waals surface area contributed by atoms with Crippen molar-refractivity contribution < 1.29 is 9.13 Å². The third-order valence-corrected chi connectivity index (χ3v) is 3.92. The van der Waals surface area contributed by atoms with Crippen molar-refractivity contribution in [3.8, 4) is 5.75 Å². The SMILES string of the molecule is COc1csc(C(N)c2cc(Br)ccc2F)c1. The lowest BCUT2D eigenvalue weighted by atomic mass is 10.1. The molecule has 2 rings (SSSR count). The van der Waals surface area contributed by atoms with Crippen molar-refractivity contribution in [1.82, 2.24) is 0 Å². The number of ether oxygens (including phenoxy) is 1. The second kappa shape index (κ2) is 5.16. The van der Waals surface area contributed by atoms with Crippen LogP contribution in [0.4, 0.5) is 4.39 Å². The van der Waals surface area contributed by atoms with Crippen LogP contribution < -0.4 is 10.5 Å². The summed E-state index contributed by atoms with van der Waals surface area (Å²) in [5.74, 6) is 0.448. The van der Waals surface area contributed by atoms with E-state index in [-0.39, 0.29) is 5.82 Å². The maximum atomic E-state index is 13.7. The third kappa shape index (κ3) is 2.68. The lowest BCUT2D eigenvalue weighted by molar-refractivity contribution is 0.416. The molecule has 0 fully saturated rings. The van der Waals surface area contributed by atoms with Crippen molar-refractivity contribution in [3.63, 3.8) is 0 Å². The van der Waals surface area contributed by atoms with Crippen LogP contribution in [0, 0.1) is 5.82 Å². The van der Waals surface area contributed by atoms with E-state index in [2.05, 4.69) is 15.9 Å². The molecule has 1 aromatic carbocycles. The number of halogens is 2. The monoisotopic (exact) mass is 315 g/mol. The Kier molecular flexibility index (Phi) is 3.81. The number of hydrogen-bond donors (Lipinski definition) is 1. The van der Waals surface area contributed by atoms with Gasteiger partial charge < -0.3 is 10.5 Å². The van der Waals surface area contributed by atoms with Crippen molar-refractivity contribution in [2.24, 2.45) is 5.73 Å². The van der Waals surface area contributed by atoms with E-state index in [1.807, 2.05) is 11.4 Å². The fourth-order valence-electron chi connectivity index (χ4n) is 1.51. The van der Waals surface area contributed by atoms with Gasteiger partial charge in [0.1, 0.15) is 11.6 Å². The van der Waals surface area contributed by atoms with Crippen LogP contribution in [-0.2, 0) is 0 Å². The lowest BCUT2D eigenvalue weighted by Crippen LogP contribution is -2.12. The molecule has 1 unspecified atom stereocenters. The Balaban J connectivity index is 2.35. The molecule has 2 N–H and O–H groups in total. The molecule has 2 nitrogen and oxygen atoms in total. The number of hydrogen-bond acceptors (Lipinski definition) is 3. The number of methoxy groups -OCH3 is 1. The Hall–Kier alpha value is -0.910. The van der Waals surface area contributed by atoms with Gasteiger partial charge in [0.15, 0.2) is 0 Å². The molecule has 2 aromatic rings. The number of thiophene rings is 1. The van der Waals surface area contributed by atoms with Gasteiger partial charge in [0.2, 0.25) is 0 Å². The minimum Gasteiger partial charge on any atom is -0.496 e. The maximum absolute atomic E-state index is 13.7. The van der Waals surface area contributed by atoms with Gasteiger partial charge in [-0.05, 0) is 24.3 Å². The first-order valence-electron chi connectivity index (χ1n) is 4.94. The van der Waals surface area contributed by atoms with Crippen molar-refractivity contribution in [2.45, 2.75) is 6.04 Å². The van der Waals surface area contributed by atoms with Gasteiger partial charge in [0.05, 0.1) is 13.2 Å². The van der Waals surface area contributed by atoms with Gasteiger partial charge in [-0.2, -0.15) is 0 Å². The highest BCUT2D eigenvalue weighted by atomic mass is 79.9. The molecule has 0 amide bonds. The van der Waals surface area contributed by atoms with Crippen LogP contribution in [-0.4, -0.2) is 7.11 Å². The molecule has 90 valence electrons. The molecule has 0 aliphatic rings. The van der Waals surface area contributed by atoms with E-state index in [0.29, 0.717) is 5.56 Å². The van der Waals surface area contributed by atoms with Gasteiger partial charge in [0, 0.05) is 20.3 Å². The quantitative estimate of drug-likeness (QED) is 0.937. The van der Waals surface area contributed by atoms with E-state index >= 15 is 0 Å². The zero-order valence-electron chi connectivity index (χ0n) is 9.11. The zero-order chi connectivity index (χ0) is 12.4. The molecule has 1 aromatic heterocycles. The Bertz CT molecular complexity index is 529. The first kappa shape index (κ1) is 12.5. The molecule has 0 aliphatic carbocycles. The molecule has 0 saturated heterocycles. The molecule has 1 heterocycles. The summed E-state index contributed by atoms with van der Waals surface area (Å²) in [5.41, 5.74) is 6.52. The van der Waals surface area contributed by atoms with E-state index in [9.17, 15) is 4.39 Å². The average molecular weight is 316 g/mol. The average Bonchev–Trinajstić information content (AvgIpc) is 2.80. The van der Waals surface area contributed by atoms with Gasteiger partial charge in [-0.1, -0.05) is 15.9 Å². The fraction of sp³-hybridized carbons (Fsp3) is 0.167. The topological polar surface area (TPSA) is 35.2 Å². The number of nitrogens with two attached hydrogens (primary N) is 1. The van der Waals surface area contributed by atoms with Crippen molar-refractivity contribution in [2.75, 3.05) is 7.11 Å². The first-order chi connectivity index (χ1) is 8.11. The van der Waals surface area contributed by atoms with E-state index in [1.54, 1.807) is 19.2 Å². The first-order valence-corrected chi connectivity index (χ1v) is 6.62. The standard InChI is InChI=1S/C12H11BrFNOS/c1-16-8-5-11(17-6-8)12(15)9-4-7(13)2-3-10(9)14/h2-6,12H,15H2,1H3. The van der Waals surface area contributed by atoms with Crippen LogP contribution in [0.15, 0.2) is 34.1 Å². The second-order valence-electron chi connectivity index (χ2n) is 3.53. The molecule has 0 spiro atoms. The summed E-state index contributed by atoms with van der Waals surface area (Å²) in [4.78, 5) is 0.874. The molecule has 1 atom stereocenters. The highest BCUT2D eigenvalue weighted by Crippen LogP contribution is 2.31. The summed E-state index contributed by atoms with van der Waals surface area (Å²) >= 11 is 4.77. The van der Waals surface area contributed by atoms with Gasteiger partial charge in [-0.25, -0.2) is 4.39 Å². The lowest BCUT2D eigenvalue weighted by Gasteiger charge is -2.11. The van der Waals surface area contributed by atoms with Crippen molar-refractivity contribution in [3.05, 3.63) is 50.4 Å². The Labute approximate surface area is 111 Å². The van der Waals surface area contributed by atoms with Crippen LogP contribution in [0.25, 0.3) is 0 Å². The highest BCUT2D eigenvalue weighted by molar-refractivity contribution is 9.10. The second-order valence-corrected chi connectivity index (χ2v) is 5.39. The predicted molar refractivity (Wildman–Crippen MR) is 71.0 cm³/mol.